The summed E-state index contributed by atoms with van der Waals surface area (Å²) in [6, 6.07) is 11.9. The molecule has 2 rings (SSSR count). The number of carbonyl (C=O) groups is 1. The Morgan fingerprint density at radius 1 is 1.09 bits per heavy atom. The lowest BCUT2D eigenvalue weighted by molar-refractivity contribution is 0.102. The molecule has 1 N–H and O–H groups in total. The van der Waals surface area contributed by atoms with E-state index >= 15 is 0 Å². The Bertz CT molecular complexity index is 642. The molecule has 1 amide bonds. The molecule has 0 aliphatic rings. The molecule has 0 radical (unpaired) electrons. The van der Waals surface area contributed by atoms with Crippen LogP contribution >= 0.6 is 23.2 Å². The minimum Gasteiger partial charge on any atom is -0.493 e. The average molecular weight is 338 g/mol. The molecule has 2 aromatic carbocycles. The maximum atomic E-state index is 12.4. The first-order chi connectivity index (χ1) is 10.6. The molecule has 116 valence electrons. The molecule has 0 aromatic heterocycles. The van der Waals surface area contributed by atoms with Crippen LogP contribution < -0.4 is 10.1 Å². The van der Waals surface area contributed by atoms with Crippen LogP contribution in [0.2, 0.25) is 10.0 Å². The van der Waals surface area contributed by atoms with E-state index in [1.807, 2.05) is 0 Å². The fourth-order valence-corrected chi connectivity index (χ4v) is 2.16. The Morgan fingerprint density at radius 3 is 2.45 bits per heavy atom. The van der Waals surface area contributed by atoms with Crippen LogP contribution in [-0.2, 0) is 0 Å². The zero-order chi connectivity index (χ0) is 15.9. The van der Waals surface area contributed by atoms with Crippen molar-refractivity contribution in [1.29, 1.82) is 0 Å². The Labute approximate surface area is 140 Å². The lowest BCUT2D eigenvalue weighted by Gasteiger charge is -2.12. The third-order valence-electron chi connectivity index (χ3n) is 3.04. The Hall–Kier alpha value is -1.71. The van der Waals surface area contributed by atoms with Crippen LogP contribution in [0.25, 0.3) is 0 Å². The summed E-state index contributed by atoms with van der Waals surface area (Å²) in [6.07, 6.45) is 1.96. The highest BCUT2D eigenvalue weighted by atomic mass is 35.5. The molecule has 0 fully saturated rings. The monoisotopic (exact) mass is 337 g/mol. The smallest absolute Gasteiger partial charge is 0.259 e. The van der Waals surface area contributed by atoms with Crippen molar-refractivity contribution in [3.63, 3.8) is 0 Å². The van der Waals surface area contributed by atoms with E-state index in [1.165, 1.54) is 0 Å². The van der Waals surface area contributed by atoms with Gasteiger partial charge < -0.3 is 10.1 Å². The molecule has 2 aromatic rings. The van der Waals surface area contributed by atoms with Crippen molar-refractivity contribution < 1.29 is 9.53 Å². The minimum atomic E-state index is -0.267. The van der Waals surface area contributed by atoms with Crippen LogP contribution in [0, 0.1) is 0 Å². The number of unbranched alkanes of at least 4 members (excludes halogenated alkanes) is 1. The first-order valence-electron chi connectivity index (χ1n) is 7.09. The van der Waals surface area contributed by atoms with Gasteiger partial charge in [-0.2, -0.15) is 0 Å². The van der Waals surface area contributed by atoms with E-state index in [0.29, 0.717) is 33.7 Å². The predicted octanol–water partition coefficient (Wildman–Crippen LogP) is 5.42. The van der Waals surface area contributed by atoms with Crippen molar-refractivity contribution in [1.82, 2.24) is 0 Å². The van der Waals surface area contributed by atoms with E-state index in [-0.39, 0.29) is 5.91 Å². The second-order valence-corrected chi connectivity index (χ2v) is 5.68. The highest BCUT2D eigenvalue weighted by Gasteiger charge is 2.14. The van der Waals surface area contributed by atoms with Gasteiger partial charge in [0.05, 0.1) is 12.2 Å². The van der Waals surface area contributed by atoms with Gasteiger partial charge in [-0.25, -0.2) is 0 Å². The van der Waals surface area contributed by atoms with Crippen LogP contribution in [0.4, 0.5) is 5.69 Å². The van der Waals surface area contributed by atoms with Crippen molar-refractivity contribution in [2.24, 2.45) is 0 Å². The standard InChI is InChI=1S/C17H17Cl2NO2/c1-2-3-10-22-16-9-6-13(19)11-15(16)17(21)20-14-7-4-12(18)5-8-14/h4-9,11H,2-3,10H2,1H3,(H,20,21). The zero-order valence-corrected chi connectivity index (χ0v) is 13.7. The molecule has 0 heterocycles. The summed E-state index contributed by atoms with van der Waals surface area (Å²) < 4.78 is 5.67. The number of benzene rings is 2. The van der Waals surface area contributed by atoms with Crippen molar-refractivity contribution in [2.75, 3.05) is 11.9 Å². The van der Waals surface area contributed by atoms with Gasteiger partial charge in [0.1, 0.15) is 5.75 Å². The van der Waals surface area contributed by atoms with E-state index < -0.39 is 0 Å². The number of hydrogen-bond donors (Lipinski definition) is 1. The van der Waals surface area contributed by atoms with Gasteiger partial charge in [0.25, 0.3) is 5.91 Å². The van der Waals surface area contributed by atoms with E-state index in [1.54, 1.807) is 42.5 Å². The maximum Gasteiger partial charge on any atom is 0.259 e. The fraction of sp³-hybridized carbons (Fsp3) is 0.235. The summed E-state index contributed by atoms with van der Waals surface area (Å²) in [5.74, 6) is 0.264. The van der Waals surface area contributed by atoms with Crippen molar-refractivity contribution in [2.45, 2.75) is 19.8 Å². The molecule has 22 heavy (non-hydrogen) atoms. The van der Waals surface area contributed by atoms with Crippen LogP contribution in [0.1, 0.15) is 30.1 Å². The quantitative estimate of drug-likeness (QED) is 0.714. The molecule has 0 bridgehead atoms. The van der Waals surface area contributed by atoms with Crippen molar-refractivity contribution in [3.8, 4) is 5.75 Å². The predicted molar refractivity (Wildman–Crippen MR) is 91.3 cm³/mol. The summed E-state index contributed by atoms with van der Waals surface area (Å²) in [5.41, 5.74) is 1.08. The van der Waals surface area contributed by atoms with Gasteiger partial charge in [-0.3, -0.25) is 4.79 Å². The highest BCUT2D eigenvalue weighted by molar-refractivity contribution is 6.31. The summed E-state index contributed by atoms with van der Waals surface area (Å²) in [5, 5.41) is 3.91. The average Bonchev–Trinajstić information content (AvgIpc) is 2.51. The molecule has 0 saturated heterocycles. The van der Waals surface area contributed by atoms with Gasteiger partial charge in [0.15, 0.2) is 0 Å². The molecule has 0 aliphatic heterocycles. The number of halogens is 2. The van der Waals surface area contributed by atoms with Gasteiger partial charge in [0, 0.05) is 15.7 Å². The number of amides is 1. The molecule has 0 unspecified atom stereocenters. The minimum absolute atomic E-state index is 0.267. The van der Waals surface area contributed by atoms with Crippen LogP contribution in [0.15, 0.2) is 42.5 Å². The number of hydrogen-bond acceptors (Lipinski definition) is 2. The van der Waals surface area contributed by atoms with Crippen molar-refractivity contribution >= 4 is 34.8 Å². The lowest BCUT2D eigenvalue weighted by Crippen LogP contribution is -2.14. The molecule has 3 nitrogen and oxygen atoms in total. The largest absolute Gasteiger partial charge is 0.493 e. The maximum absolute atomic E-state index is 12.4. The summed E-state index contributed by atoms with van der Waals surface area (Å²) in [4.78, 5) is 12.4. The number of ether oxygens (including phenoxy) is 1. The topological polar surface area (TPSA) is 38.3 Å². The molecule has 0 atom stereocenters. The van der Waals surface area contributed by atoms with Crippen LogP contribution in [-0.4, -0.2) is 12.5 Å². The first-order valence-corrected chi connectivity index (χ1v) is 7.85. The fourth-order valence-electron chi connectivity index (χ4n) is 1.86. The molecule has 0 aliphatic carbocycles. The number of nitrogens with one attached hydrogen (secondary N) is 1. The Balaban J connectivity index is 2.16. The summed E-state index contributed by atoms with van der Waals surface area (Å²) >= 11 is 11.8. The lowest BCUT2D eigenvalue weighted by atomic mass is 10.1. The second-order valence-electron chi connectivity index (χ2n) is 4.80. The van der Waals surface area contributed by atoms with Gasteiger partial charge in [-0.15, -0.1) is 0 Å². The molecule has 5 heteroatoms. The SMILES string of the molecule is CCCCOc1ccc(Cl)cc1C(=O)Nc1ccc(Cl)cc1. The number of anilines is 1. The van der Waals surface area contributed by atoms with Crippen molar-refractivity contribution in [3.05, 3.63) is 58.1 Å². The summed E-state index contributed by atoms with van der Waals surface area (Å²) in [6.45, 7) is 2.65. The van der Waals surface area contributed by atoms with E-state index in [2.05, 4.69) is 12.2 Å². The third-order valence-corrected chi connectivity index (χ3v) is 3.53. The van der Waals surface area contributed by atoms with Gasteiger partial charge in [-0.1, -0.05) is 36.5 Å². The third kappa shape index (κ3) is 4.65. The molecular weight excluding hydrogens is 321 g/mol. The Kier molecular flexibility index (Phi) is 6.10. The van der Waals surface area contributed by atoms with Gasteiger partial charge >= 0.3 is 0 Å². The highest BCUT2D eigenvalue weighted by Crippen LogP contribution is 2.24. The second kappa shape index (κ2) is 8.06. The van der Waals surface area contributed by atoms with Crippen LogP contribution in [0.3, 0.4) is 0 Å². The molecule has 0 spiro atoms. The zero-order valence-electron chi connectivity index (χ0n) is 12.2. The molecular formula is C17H17Cl2NO2. The van der Waals surface area contributed by atoms with E-state index in [9.17, 15) is 4.79 Å². The number of rotatable bonds is 6. The Morgan fingerprint density at radius 2 is 1.77 bits per heavy atom. The van der Waals surface area contributed by atoms with Crippen LogP contribution in [0.5, 0.6) is 5.75 Å². The summed E-state index contributed by atoms with van der Waals surface area (Å²) in [7, 11) is 0. The van der Waals surface area contributed by atoms with E-state index in [4.69, 9.17) is 27.9 Å². The van der Waals surface area contributed by atoms with Gasteiger partial charge in [-0.05, 0) is 48.9 Å². The normalized spacial score (nSPS) is 10.3. The van der Waals surface area contributed by atoms with Gasteiger partial charge in [0.2, 0.25) is 0 Å². The number of carbonyl (C=O) groups excluding carboxylic acids is 1. The van der Waals surface area contributed by atoms with E-state index in [0.717, 1.165) is 12.8 Å². The molecule has 0 saturated carbocycles. The first kappa shape index (κ1) is 16.7.